The highest BCUT2D eigenvalue weighted by Gasteiger charge is 2.08. The van der Waals surface area contributed by atoms with E-state index in [2.05, 4.69) is 5.32 Å². The number of hydrogen-bond acceptors (Lipinski definition) is 2. The van der Waals surface area contributed by atoms with E-state index in [0.29, 0.717) is 16.9 Å². The van der Waals surface area contributed by atoms with Crippen LogP contribution in [0.15, 0.2) is 42.5 Å². The third kappa shape index (κ3) is 2.48. The van der Waals surface area contributed by atoms with Gasteiger partial charge in [0.15, 0.2) is 0 Å². The number of para-hydroxylation sites is 1. The van der Waals surface area contributed by atoms with E-state index >= 15 is 0 Å². The smallest absolute Gasteiger partial charge is 0.336 e. The number of carboxylic acids is 1. The third-order valence-corrected chi connectivity index (χ3v) is 2.62. The summed E-state index contributed by atoms with van der Waals surface area (Å²) in [5, 5.41) is 11.9. The minimum atomic E-state index is -0.996. The van der Waals surface area contributed by atoms with Gasteiger partial charge in [-0.25, -0.2) is 9.18 Å². The molecule has 2 aromatic rings. The predicted molar refractivity (Wildman–Crippen MR) is 67.8 cm³/mol. The molecule has 0 atom stereocenters. The summed E-state index contributed by atoms with van der Waals surface area (Å²) in [6.07, 6.45) is 0. The maximum absolute atomic E-state index is 13.4. The number of benzene rings is 2. The Kier molecular flexibility index (Phi) is 3.28. The van der Waals surface area contributed by atoms with Gasteiger partial charge >= 0.3 is 5.97 Å². The van der Waals surface area contributed by atoms with E-state index in [9.17, 15) is 9.18 Å². The van der Waals surface area contributed by atoms with Gasteiger partial charge in [-0.15, -0.1) is 0 Å². The molecule has 0 unspecified atom stereocenters. The van der Waals surface area contributed by atoms with Gasteiger partial charge in [0.2, 0.25) is 0 Å². The molecule has 18 heavy (non-hydrogen) atoms. The van der Waals surface area contributed by atoms with Gasteiger partial charge in [0.05, 0.1) is 11.3 Å². The summed E-state index contributed by atoms with van der Waals surface area (Å²) in [4.78, 5) is 11.0. The summed E-state index contributed by atoms with van der Waals surface area (Å²) in [7, 11) is 0. The van der Waals surface area contributed by atoms with Crippen LogP contribution in [0.4, 0.5) is 15.8 Å². The zero-order valence-electron chi connectivity index (χ0n) is 9.77. The standard InChI is InChI=1S/C14H12FNO2/c1-9-6-7-10(8-11(9)14(17)18)16-13-5-3-2-4-12(13)15/h2-8,16H,1H3,(H,17,18). The van der Waals surface area contributed by atoms with E-state index in [1.807, 2.05) is 0 Å². The first-order valence-electron chi connectivity index (χ1n) is 5.43. The van der Waals surface area contributed by atoms with Gasteiger partial charge in [0.25, 0.3) is 0 Å². The molecular weight excluding hydrogens is 233 g/mol. The Balaban J connectivity index is 2.33. The highest BCUT2D eigenvalue weighted by atomic mass is 19.1. The molecule has 4 heteroatoms. The Morgan fingerprint density at radius 1 is 1.22 bits per heavy atom. The summed E-state index contributed by atoms with van der Waals surface area (Å²) in [6, 6.07) is 11.1. The van der Waals surface area contributed by atoms with Crippen molar-refractivity contribution in [3.8, 4) is 0 Å². The fourth-order valence-electron chi connectivity index (χ4n) is 1.65. The molecule has 3 nitrogen and oxygen atoms in total. The molecular formula is C14H12FNO2. The fourth-order valence-corrected chi connectivity index (χ4v) is 1.65. The molecule has 0 amide bonds. The molecule has 0 spiro atoms. The zero-order valence-corrected chi connectivity index (χ0v) is 9.77. The van der Waals surface area contributed by atoms with E-state index in [1.54, 1.807) is 37.3 Å². The Morgan fingerprint density at radius 2 is 1.94 bits per heavy atom. The van der Waals surface area contributed by atoms with E-state index < -0.39 is 5.97 Å². The van der Waals surface area contributed by atoms with Crippen molar-refractivity contribution in [1.29, 1.82) is 0 Å². The minimum Gasteiger partial charge on any atom is -0.478 e. The number of rotatable bonds is 3. The predicted octanol–water partition coefficient (Wildman–Crippen LogP) is 3.58. The second-order valence-corrected chi connectivity index (χ2v) is 3.94. The molecule has 0 aliphatic carbocycles. The maximum Gasteiger partial charge on any atom is 0.336 e. The molecule has 0 aliphatic rings. The molecule has 0 radical (unpaired) electrons. The molecule has 0 aliphatic heterocycles. The highest BCUT2D eigenvalue weighted by Crippen LogP contribution is 2.22. The van der Waals surface area contributed by atoms with Gasteiger partial charge in [-0.2, -0.15) is 0 Å². The van der Waals surface area contributed by atoms with Gasteiger partial charge in [-0.3, -0.25) is 0 Å². The van der Waals surface area contributed by atoms with Gasteiger partial charge in [0.1, 0.15) is 5.82 Å². The maximum atomic E-state index is 13.4. The van der Waals surface area contributed by atoms with Crippen LogP contribution in [-0.4, -0.2) is 11.1 Å². The Bertz CT molecular complexity index is 596. The molecule has 0 fully saturated rings. The summed E-state index contributed by atoms with van der Waals surface area (Å²) in [5.74, 6) is -1.38. The van der Waals surface area contributed by atoms with Crippen LogP contribution in [-0.2, 0) is 0 Å². The quantitative estimate of drug-likeness (QED) is 0.869. The van der Waals surface area contributed by atoms with Crippen molar-refractivity contribution in [3.05, 3.63) is 59.4 Å². The van der Waals surface area contributed by atoms with Crippen LogP contribution in [0.1, 0.15) is 15.9 Å². The number of anilines is 2. The van der Waals surface area contributed by atoms with Crippen molar-refractivity contribution in [2.45, 2.75) is 6.92 Å². The molecule has 2 N–H and O–H groups in total. The monoisotopic (exact) mass is 245 g/mol. The number of nitrogens with one attached hydrogen (secondary N) is 1. The SMILES string of the molecule is Cc1ccc(Nc2ccccc2F)cc1C(=O)O. The average Bonchev–Trinajstić information content (AvgIpc) is 2.34. The lowest BCUT2D eigenvalue weighted by Gasteiger charge is -2.09. The first-order valence-corrected chi connectivity index (χ1v) is 5.43. The van der Waals surface area contributed by atoms with Crippen LogP contribution in [0.3, 0.4) is 0 Å². The molecule has 0 saturated heterocycles. The summed E-state index contributed by atoms with van der Waals surface area (Å²) < 4.78 is 13.4. The van der Waals surface area contributed by atoms with E-state index in [0.717, 1.165) is 0 Å². The first-order chi connectivity index (χ1) is 8.58. The van der Waals surface area contributed by atoms with Crippen LogP contribution >= 0.6 is 0 Å². The molecule has 0 saturated carbocycles. The Labute approximate surface area is 104 Å². The normalized spacial score (nSPS) is 10.1. The van der Waals surface area contributed by atoms with Crippen LogP contribution in [0.25, 0.3) is 0 Å². The summed E-state index contributed by atoms with van der Waals surface area (Å²) in [6.45, 7) is 1.72. The molecule has 2 aromatic carbocycles. The van der Waals surface area contributed by atoms with Gasteiger partial charge in [-0.1, -0.05) is 18.2 Å². The van der Waals surface area contributed by atoms with Gasteiger partial charge < -0.3 is 10.4 Å². The molecule has 0 aromatic heterocycles. The van der Waals surface area contributed by atoms with Crippen LogP contribution in [0, 0.1) is 12.7 Å². The second kappa shape index (κ2) is 4.87. The van der Waals surface area contributed by atoms with Crippen molar-refractivity contribution < 1.29 is 14.3 Å². The number of carboxylic acid groups (broad SMARTS) is 1. The number of hydrogen-bond donors (Lipinski definition) is 2. The van der Waals surface area contributed by atoms with E-state index in [4.69, 9.17) is 5.11 Å². The van der Waals surface area contributed by atoms with Crippen molar-refractivity contribution in [3.63, 3.8) is 0 Å². The van der Waals surface area contributed by atoms with E-state index in [-0.39, 0.29) is 11.4 Å². The number of carbonyl (C=O) groups is 1. The van der Waals surface area contributed by atoms with Crippen molar-refractivity contribution >= 4 is 17.3 Å². The molecule has 92 valence electrons. The van der Waals surface area contributed by atoms with Crippen LogP contribution in [0.5, 0.6) is 0 Å². The zero-order chi connectivity index (χ0) is 13.1. The third-order valence-electron chi connectivity index (χ3n) is 2.62. The van der Waals surface area contributed by atoms with Gasteiger partial charge in [-0.05, 0) is 36.8 Å². The Morgan fingerprint density at radius 3 is 2.61 bits per heavy atom. The lowest BCUT2D eigenvalue weighted by Crippen LogP contribution is -2.01. The van der Waals surface area contributed by atoms with Gasteiger partial charge in [0, 0.05) is 5.69 Å². The average molecular weight is 245 g/mol. The van der Waals surface area contributed by atoms with Crippen molar-refractivity contribution in [2.24, 2.45) is 0 Å². The Hall–Kier alpha value is -2.36. The molecule has 0 bridgehead atoms. The van der Waals surface area contributed by atoms with Crippen LogP contribution < -0.4 is 5.32 Å². The summed E-state index contributed by atoms with van der Waals surface area (Å²) >= 11 is 0. The summed E-state index contributed by atoms with van der Waals surface area (Å²) in [5.41, 5.74) is 1.73. The largest absolute Gasteiger partial charge is 0.478 e. The van der Waals surface area contributed by atoms with E-state index in [1.165, 1.54) is 12.1 Å². The lowest BCUT2D eigenvalue weighted by molar-refractivity contribution is 0.0696. The van der Waals surface area contributed by atoms with Crippen molar-refractivity contribution in [1.82, 2.24) is 0 Å². The molecule has 0 heterocycles. The minimum absolute atomic E-state index is 0.205. The van der Waals surface area contributed by atoms with Crippen LogP contribution in [0.2, 0.25) is 0 Å². The number of halogens is 1. The van der Waals surface area contributed by atoms with Crippen molar-refractivity contribution in [2.75, 3.05) is 5.32 Å². The lowest BCUT2D eigenvalue weighted by atomic mass is 10.1. The molecule has 2 rings (SSSR count). The second-order valence-electron chi connectivity index (χ2n) is 3.94. The topological polar surface area (TPSA) is 49.3 Å². The fraction of sp³-hybridized carbons (Fsp3) is 0.0714. The highest BCUT2D eigenvalue weighted by molar-refractivity contribution is 5.90. The number of aromatic carboxylic acids is 1. The first kappa shape index (κ1) is 12.1. The number of aryl methyl sites for hydroxylation is 1.